The van der Waals surface area contributed by atoms with Crippen molar-refractivity contribution in [1.29, 1.82) is 0 Å². The summed E-state index contributed by atoms with van der Waals surface area (Å²) >= 11 is 0. The number of alkyl carbamates (subject to hydrolysis) is 1. The highest BCUT2D eigenvalue weighted by molar-refractivity contribution is 5.67. The Kier molecular flexibility index (Phi) is 5.14. The molecule has 0 saturated heterocycles. The zero-order valence-electron chi connectivity index (χ0n) is 12.1. The molecule has 1 aromatic heterocycles. The fraction of sp³-hybridized carbons (Fsp3) is 0.750. The molecule has 0 aliphatic rings. The van der Waals surface area contributed by atoms with Crippen LogP contribution in [0, 0.1) is 0 Å². The molecule has 1 amide bonds. The fourth-order valence-electron chi connectivity index (χ4n) is 1.25. The van der Waals surface area contributed by atoms with E-state index in [2.05, 4.69) is 20.8 Å². The first kappa shape index (κ1) is 15.3. The summed E-state index contributed by atoms with van der Waals surface area (Å²) in [5.74, 6) is 0.541. The quantitative estimate of drug-likeness (QED) is 0.850. The van der Waals surface area contributed by atoms with E-state index < -0.39 is 11.7 Å². The Labute approximate surface area is 113 Å². The van der Waals surface area contributed by atoms with Crippen molar-refractivity contribution in [2.24, 2.45) is 0 Å². The van der Waals surface area contributed by atoms with Gasteiger partial charge in [0.1, 0.15) is 5.60 Å². The molecule has 0 aliphatic heterocycles. The topological polar surface area (TPSA) is 89.3 Å². The van der Waals surface area contributed by atoms with E-state index in [1.807, 2.05) is 34.6 Å². The van der Waals surface area contributed by atoms with Gasteiger partial charge >= 0.3 is 12.1 Å². The SMILES string of the molecule is CC(C)Nc1nc(CCNC(=O)OC(C)(C)C)no1. The number of nitrogens with zero attached hydrogens (tertiary/aromatic N) is 2. The summed E-state index contributed by atoms with van der Waals surface area (Å²) in [6.07, 6.45) is 0.0409. The molecule has 2 N–H and O–H groups in total. The number of rotatable bonds is 5. The number of hydrogen-bond donors (Lipinski definition) is 2. The van der Waals surface area contributed by atoms with E-state index in [-0.39, 0.29) is 6.04 Å². The van der Waals surface area contributed by atoms with Gasteiger partial charge in [-0.15, -0.1) is 0 Å². The predicted octanol–water partition coefficient (Wildman–Crippen LogP) is 1.96. The second kappa shape index (κ2) is 6.40. The molecule has 0 saturated carbocycles. The van der Waals surface area contributed by atoms with Crippen molar-refractivity contribution in [2.75, 3.05) is 11.9 Å². The molecule has 0 atom stereocenters. The summed E-state index contributed by atoms with van der Waals surface area (Å²) in [5.41, 5.74) is -0.495. The van der Waals surface area contributed by atoms with Crippen molar-refractivity contribution in [2.45, 2.75) is 52.7 Å². The maximum Gasteiger partial charge on any atom is 0.407 e. The molecule has 0 unspecified atom stereocenters. The van der Waals surface area contributed by atoms with Crippen molar-refractivity contribution in [3.05, 3.63) is 5.82 Å². The van der Waals surface area contributed by atoms with Gasteiger partial charge in [0.05, 0.1) is 0 Å². The van der Waals surface area contributed by atoms with Crippen LogP contribution in [0.4, 0.5) is 10.8 Å². The maximum absolute atomic E-state index is 11.4. The molecule has 7 heteroatoms. The molecule has 19 heavy (non-hydrogen) atoms. The Morgan fingerprint density at radius 1 is 1.42 bits per heavy atom. The van der Waals surface area contributed by atoms with Gasteiger partial charge in [-0.2, -0.15) is 4.98 Å². The molecule has 1 aromatic rings. The fourth-order valence-corrected chi connectivity index (χ4v) is 1.25. The van der Waals surface area contributed by atoms with Crippen LogP contribution in [0.2, 0.25) is 0 Å². The molecule has 0 aromatic carbocycles. The summed E-state index contributed by atoms with van der Waals surface area (Å²) in [4.78, 5) is 15.5. The first-order valence-electron chi connectivity index (χ1n) is 6.32. The predicted molar refractivity (Wildman–Crippen MR) is 71.0 cm³/mol. The highest BCUT2D eigenvalue weighted by Crippen LogP contribution is 2.07. The third-order valence-corrected chi connectivity index (χ3v) is 1.90. The Morgan fingerprint density at radius 2 is 2.11 bits per heavy atom. The smallest absolute Gasteiger partial charge is 0.407 e. The number of aromatic nitrogens is 2. The lowest BCUT2D eigenvalue weighted by Crippen LogP contribution is -2.33. The maximum atomic E-state index is 11.4. The molecule has 0 fully saturated rings. The molecule has 1 rings (SSSR count). The molecule has 0 spiro atoms. The molecular weight excluding hydrogens is 248 g/mol. The van der Waals surface area contributed by atoms with E-state index >= 15 is 0 Å². The third kappa shape index (κ3) is 6.64. The monoisotopic (exact) mass is 270 g/mol. The first-order valence-corrected chi connectivity index (χ1v) is 6.32. The second-order valence-electron chi connectivity index (χ2n) is 5.49. The summed E-state index contributed by atoms with van der Waals surface area (Å²) in [6, 6.07) is 0.621. The molecular formula is C12H22N4O3. The molecule has 108 valence electrons. The minimum absolute atomic E-state index is 0.230. The van der Waals surface area contributed by atoms with Crippen molar-refractivity contribution in [3.8, 4) is 0 Å². The standard InChI is InChI=1S/C12H22N4O3/c1-8(2)14-10-15-9(16-19-10)6-7-13-11(17)18-12(3,4)5/h8H,6-7H2,1-5H3,(H,13,17)(H,14,15,16). The van der Waals surface area contributed by atoms with Crippen LogP contribution in [0.15, 0.2) is 4.52 Å². The normalized spacial score (nSPS) is 11.5. The molecule has 0 radical (unpaired) electrons. The van der Waals surface area contributed by atoms with Gasteiger partial charge in [0.15, 0.2) is 5.82 Å². The van der Waals surface area contributed by atoms with E-state index in [1.54, 1.807) is 0 Å². The first-order chi connectivity index (χ1) is 8.76. The van der Waals surface area contributed by atoms with Gasteiger partial charge in [-0.25, -0.2) is 4.79 Å². The number of amides is 1. The Bertz CT molecular complexity index is 409. The Hall–Kier alpha value is -1.79. The lowest BCUT2D eigenvalue weighted by molar-refractivity contribution is 0.0528. The van der Waals surface area contributed by atoms with Gasteiger partial charge < -0.3 is 19.9 Å². The van der Waals surface area contributed by atoms with Gasteiger partial charge in [0.2, 0.25) is 0 Å². The highest BCUT2D eigenvalue weighted by Gasteiger charge is 2.15. The average Bonchev–Trinajstić information content (AvgIpc) is 2.61. The van der Waals surface area contributed by atoms with Crippen LogP contribution < -0.4 is 10.6 Å². The molecule has 0 bridgehead atoms. The number of anilines is 1. The van der Waals surface area contributed by atoms with Gasteiger partial charge in [-0.1, -0.05) is 5.16 Å². The lowest BCUT2D eigenvalue weighted by Gasteiger charge is -2.19. The minimum atomic E-state index is -0.495. The number of carbonyl (C=O) groups is 1. The second-order valence-corrected chi connectivity index (χ2v) is 5.49. The average molecular weight is 270 g/mol. The van der Waals surface area contributed by atoms with Crippen molar-refractivity contribution in [3.63, 3.8) is 0 Å². The van der Waals surface area contributed by atoms with Gasteiger partial charge in [0.25, 0.3) is 0 Å². The van der Waals surface area contributed by atoms with Crippen LogP contribution >= 0.6 is 0 Å². The number of nitrogens with one attached hydrogen (secondary N) is 2. The number of carbonyl (C=O) groups excluding carboxylic acids is 1. The van der Waals surface area contributed by atoms with Crippen LogP contribution in [-0.4, -0.2) is 34.4 Å². The summed E-state index contributed by atoms with van der Waals surface area (Å²) in [5, 5.41) is 9.44. The van der Waals surface area contributed by atoms with E-state index in [0.29, 0.717) is 24.8 Å². The molecule has 1 heterocycles. The zero-order chi connectivity index (χ0) is 14.5. The van der Waals surface area contributed by atoms with Crippen LogP contribution in [0.3, 0.4) is 0 Å². The van der Waals surface area contributed by atoms with Crippen LogP contribution in [0.25, 0.3) is 0 Å². The van der Waals surface area contributed by atoms with Crippen LogP contribution in [0.5, 0.6) is 0 Å². The summed E-state index contributed by atoms with van der Waals surface area (Å²) in [6.45, 7) is 9.80. The zero-order valence-corrected chi connectivity index (χ0v) is 12.1. The van der Waals surface area contributed by atoms with Crippen molar-refractivity contribution < 1.29 is 14.1 Å². The van der Waals surface area contributed by atoms with Gasteiger partial charge in [-0.05, 0) is 34.6 Å². The largest absolute Gasteiger partial charge is 0.444 e. The molecule has 0 aliphatic carbocycles. The summed E-state index contributed by atoms with van der Waals surface area (Å²) < 4.78 is 10.1. The van der Waals surface area contributed by atoms with Crippen LogP contribution in [-0.2, 0) is 11.2 Å². The van der Waals surface area contributed by atoms with Crippen molar-refractivity contribution in [1.82, 2.24) is 15.5 Å². The minimum Gasteiger partial charge on any atom is -0.444 e. The molecule has 7 nitrogen and oxygen atoms in total. The van der Waals surface area contributed by atoms with Gasteiger partial charge in [-0.3, -0.25) is 0 Å². The van der Waals surface area contributed by atoms with E-state index in [1.165, 1.54) is 0 Å². The Morgan fingerprint density at radius 3 is 2.68 bits per heavy atom. The van der Waals surface area contributed by atoms with Crippen LogP contribution in [0.1, 0.15) is 40.4 Å². The lowest BCUT2D eigenvalue weighted by atomic mass is 10.2. The number of hydrogen-bond acceptors (Lipinski definition) is 6. The Balaban J connectivity index is 2.29. The third-order valence-electron chi connectivity index (χ3n) is 1.90. The van der Waals surface area contributed by atoms with Crippen molar-refractivity contribution >= 4 is 12.1 Å². The van der Waals surface area contributed by atoms with Gasteiger partial charge in [0, 0.05) is 19.0 Å². The van der Waals surface area contributed by atoms with E-state index in [9.17, 15) is 4.79 Å². The highest BCUT2D eigenvalue weighted by atomic mass is 16.6. The summed E-state index contributed by atoms with van der Waals surface area (Å²) in [7, 11) is 0. The van der Waals surface area contributed by atoms with E-state index in [4.69, 9.17) is 9.26 Å². The number of ether oxygens (including phenoxy) is 1. The van der Waals surface area contributed by atoms with E-state index in [0.717, 1.165) is 0 Å².